The molecule has 2 aromatic rings. The van der Waals surface area contributed by atoms with E-state index in [0.717, 1.165) is 9.35 Å². The van der Waals surface area contributed by atoms with E-state index < -0.39 is 5.97 Å². The molecule has 1 aromatic carbocycles. The molecule has 3 nitrogen and oxygen atoms in total. The molecule has 0 aliphatic rings. The van der Waals surface area contributed by atoms with Crippen molar-refractivity contribution in [3.63, 3.8) is 0 Å². The summed E-state index contributed by atoms with van der Waals surface area (Å²) in [5, 5.41) is 10.8. The van der Waals surface area contributed by atoms with Crippen molar-refractivity contribution >= 4 is 49.2 Å². The van der Waals surface area contributed by atoms with Crippen LogP contribution in [0.4, 0.5) is 0 Å². The molecule has 0 unspecified atom stereocenters. The highest BCUT2D eigenvalue weighted by atomic mass is 79.9. The molecule has 1 N–H and O–H groups in total. The Balaban J connectivity index is 2.11. The average molecular weight is 392 g/mol. The van der Waals surface area contributed by atoms with Crippen LogP contribution in [0.1, 0.15) is 15.2 Å². The van der Waals surface area contributed by atoms with Crippen molar-refractivity contribution in [1.82, 2.24) is 0 Å². The Hall–Kier alpha value is -0.850. The van der Waals surface area contributed by atoms with E-state index in [1.54, 1.807) is 17.4 Å². The van der Waals surface area contributed by atoms with E-state index in [0.29, 0.717) is 16.8 Å². The van der Waals surface area contributed by atoms with Crippen LogP contribution in [0.3, 0.4) is 0 Å². The largest absolute Gasteiger partial charge is 0.487 e. The zero-order chi connectivity index (χ0) is 13.1. The molecule has 0 saturated carbocycles. The van der Waals surface area contributed by atoms with Crippen molar-refractivity contribution in [2.45, 2.75) is 6.61 Å². The van der Waals surface area contributed by atoms with Gasteiger partial charge in [-0.05, 0) is 61.5 Å². The van der Waals surface area contributed by atoms with Crippen molar-refractivity contribution in [2.75, 3.05) is 0 Å². The van der Waals surface area contributed by atoms with E-state index in [-0.39, 0.29) is 5.56 Å². The summed E-state index contributed by atoms with van der Waals surface area (Å²) >= 11 is 8.33. The van der Waals surface area contributed by atoms with Crippen LogP contribution in [-0.2, 0) is 6.61 Å². The van der Waals surface area contributed by atoms with Crippen molar-refractivity contribution in [3.05, 3.63) is 49.0 Å². The lowest BCUT2D eigenvalue weighted by Crippen LogP contribution is -1.98. The third kappa shape index (κ3) is 3.13. The molecule has 0 spiro atoms. The molecule has 1 aromatic heterocycles. The fourth-order valence-corrected chi connectivity index (χ4v) is 3.19. The molecule has 0 aliphatic carbocycles. The molecule has 0 radical (unpaired) electrons. The Kier molecular flexibility index (Phi) is 4.42. The van der Waals surface area contributed by atoms with Gasteiger partial charge in [-0.25, -0.2) is 4.79 Å². The first-order valence-corrected chi connectivity index (χ1v) is 7.42. The number of carboxylic acid groups (broad SMARTS) is 1. The number of benzene rings is 1. The molecular formula is C12H8Br2O3S. The van der Waals surface area contributed by atoms with Gasteiger partial charge in [0.05, 0.1) is 14.9 Å². The zero-order valence-corrected chi connectivity index (χ0v) is 13.0. The SMILES string of the molecule is O=C(O)c1ccc(OCc2sccc2Br)c(Br)c1. The smallest absolute Gasteiger partial charge is 0.335 e. The number of thiophene rings is 1. The number of carbonyl (C=O) groups is 1. The van der Waals surface area contributed by atoms with Crippen LogP contribution in [0.25, 0.3) is 0 Å². The molecule has 0 atom stereocenters. The number of rotatable bonds is 4. The number of hydrogen-bond acceptors (Lipinski definition) is 3. The maximum absolute atomic E-state index is 10.8. The summed E-state index contributed by atoms with van der Waals surface area (Å²) in [5.41, 5.74) is 0.228. The van der Waals surface area contributed by atoms with Gasteiger partial charge in [0, 0.05) is 4.47 Å². The van der Waals surface area contributed by atoms with Crippen LogP contribution in [-0.4, -0.2) is 11.1 Å². The fraction of sp³-hybridized carbons (Fsp3) is 0.0833. The minimum Gasteiger partial charge on any atom is -0.487 e. The van der Waals surface area contributed by atoms with Crippen LogP contribution in [0.5, 0.6) is 5.75 Å². The predicted molar refractivity (Wildman–Crippen MR) is 77.5 cm³/mol. The summed E-state index contributed by atoms with van der Waals surface area (Å²) in [6.07, 6.45) is 0. The number of carboxylic acids is 1. The van der Waals surface area contributed by atoms with Gasteiger partial charge in [0.15, 0.2) is 0 Å². The fourth-order valence-electron chi connectivity index (χ4n) is 1.32. The molecule has 1 heterocycles. The number of hydrogen-bond donors (Lipinski definition) is 1. The molecule has 0 amide bonds. The summed E-state index contributed by atoms with van der Waals surface area (Å²) in [6, 6.07) is 6.66. The quantitative estimate of drug-likeness (QED) is 0.831. The van der Waals surface area contributed by atoms with E-state index >= 15 is 0 Å². The molecule has 0 saturated heterocycles. The topological polar surface area (TPSA) is 46.5 Å². The zero-order valence-electron chi connectivity index (χ0n) is 9.02. The van der Waals surface area contributed by atoms with Gasteiger partial charge in [-0.1, -0.05) is 0 Å². The minimum absolute atomic E-state index is 0.228. The monoisotopic (exact) mass is 390 g/mol. The number of ether oxygens (including phenoxy) is 1. The van der Waals surface area contributed by atoms with Crippen LogP contribution < -0.4 is 4.74 Å². The van der Waals surface area contributed by atoms with Gasteiger partial charge in [-0.15, -0.1) is 11.3 Å². The first kappa shape index (κ1) is 13.6. The summed E-state index contributed by atoms with van der Waals surface area (Å²) in [6.45, 7) is 0.448. The van der Waals surface area contributed by atoms with Gasteiger partial charge >= 0.3 is 5.97 Å². The van der Waals surface area contributed by atoms with Crippen LogP contribution >= 0.6 is 43.2 Å². The van der Waals surface area contributed by atoms with Crippen molar-refractivity contribution in [3.8, 4) is 5.75 Å². The summed E-state index contributed by atoms with van der Waals surface area (Å²) in [5.74, 6) is -0.330. The lowest BCUT2D eigenvalue weighted by molar-refractivity contribution is 0.0697. The summed E-state index contributed by atoms with van der Waals surface area (Å²) < 4.78 is 7.29. The highest BCUT2D eigenvalue weighted by molar-refractivity contribution is 9.10. The molecular weight excluding hydrogens is 384 g/mol. The van der Waals surface area contributed by atoms with Gasteiger partial charge < -0.3 is 9.84 Å². The first-order valence-electron chi connectivity index (χ1n) is 4.95. The standard InChI is InChI=1S/C12H8Br2O3S/c13-8-3-4-18-11(8)6-17-10-2-1-7(12(15)16)5-9(10)14/h1-5H,6H2,(H,15,16). The predicted octanol–water partition coefficient (Wildman–Crippen LogP) is 4.55. The van der Waals surface area contributed by atoms with Gasteiger partial charge in [-0.2, -0.15) is 0 Å². The lowest BCUT2D eigenvalue weighted by Gasteiger charge is -2.08. The van der Waals surface area contributed by atoms with E-state index in [2.05, 4.69) is 31.9 Å². The highest BCUT2D eigenvalue weighted by Gasteiger charge is 2.09. The Morgan fingerprint density at radius 1 is 1.28 bits per heavy atom. The first-order chi connectivity index (χ1) is 8.58. The summed E-state index contributed by atoms with van der Waals surface area (Å²) in [4.78, 5) is 11.9. The van der Waals surface area contributed by atoms with E-state index in [1.165, 1.54) is 12.1 Å². The van der Waals surface area contributed by atoms with Crippen LogP contribution in [0, 0.1) is 0 Å². The van der Waals surface area contributed by atoms with E-state index in [4.69, 9.17) is 9.84 Å². The molecule has 0 bridgehead atoms. The van der Waals surface area contributed by atoms with Crippen molar-refractivity contribution < 1.29 is 14.6 Å². The number of aromatic carboxylic acids is 1. The molecule has 0 aliphatic heterocycles. The second kappa shape index (κ2) is 5.86. The van der Waals surface area contributed by atoms with Gasteiger partial charge in [-0.3, -0.25) is 0 Å². The maximum atomic E-state index is 10.8. The van der Waals surface area contributed by atoms with Crippen molar-refractivity contribution in [1.29, 1.82) is 0 Å². The van der Waals surface area contributed by atoms with Crippen LogP contribution in [0.2, 0.25) is 0 Å². The molecule has 6 heteroatoms. The molecule has 2 rings (SSSR count). The third-order valence-electron chi connectivity index (χ3n) is 2.23. The van der Waals surface area contributed by atoms with E-state index in [1.807, 2.05) is 11.4 Å². The Morgan fingerprint density at radius 2 is 2.06 bits per heavy atom. The second-order valence-corrected chi connectivity index (χ2v) is 6.14. The maximum Gasteiger partial charge on any atom is 0.335 e. The molecule has 94 valence electrons. The number of halogens is 2. The molecule has 18 heavy (non-hydrogen) atoms. The highest BCUT2D eigenvalue weighted by Crippen LogP contribution is 2.29. The van der Waals surface area contributed by atoms with Gasteiger partial charge in [0.1, 0.15) is 12.4 Å². The minimum atomic E-state index is -0.955. The Bertz CT molecular complexity index is 580. The lowest BCUT2D eigenvalue weighted by atomic mass is 10.2. The third-order valence-corrected chi connectivity index (χ3v) is 4.75. The van der Waals surface area contributed by atoms with Crippen molar-refractivity contribution in [2.24, 2.45) is 0 Å². The van der Waals surface area contributed by atoms with Crippen LogP contribution in [0.15, 0.2) is 38.6 Å². The van der Waals surface area contributed by atoms with Gasteiger partial charge in [0.25, 0.3) is 0 Å². The van der Waals surface area contributed by atoms with Gasteiger partial charge in [0.2, 0.25) is 0 Å². The molecule has 0 fully saturated rings. The summed E-state index contributed by atoms with van der Waals surface area (Å²) in [7, 11) is 0. The van der Waals surface area contributed by atoms with E-state index in [9.17, 15) is 4.79 Å². The average Bonchev–Trinajstić information content (AvgIpc) is 2.73. The second-order valence-electron chi connectivity index (χ2n) is 3.43. The normalized spacial score (nSPS) is 10.3. The Labute approximate surface area is 125 Å². The Morgan fingerprint density at radius 3 is 2.61 bits per heavy atom.